The number of imidazole rings is 1. The number of fused-ring (bicyclic) bond motifs is 2. The number of aromatic nitrogens is 2. The van der Waals surface area contributed by atoms with E-state index in [4.69, 9.17) is 4.98 Å². The molecular weight excluding hydrogens is 262 g/mol. The number of rotatable bonds is 3. The standard InChI is InChI=1S/C17H23N3O/c21-10-9-20-16-8-4-3-7-14(16)19-17(20)15-11-12-5-1-2-6-13(12)18-15/h3-4,7-8,12-13,15,18,21H,1-2,5-6,9-11H2. The van der Waals surface area contributed by atoms with Crippen molar-refractivity contribution in [1.29, 1.82) is 0 Å². The molecule has 1 aliphatic carbocycles. The lowest BCUT2D eigenvalue weighted by molar-refractivity contribution is 0.274. The lowest BCUT2D eigenvalue weighted by Gasteiger charge is -2.24. The fourth-order valence-electron chi connectivity index (χ4n) is 4.21. The summed E-state index contributed by atoms with van der Waals surface area (Å²) in [6, 6.07) is 9.26. The summed E-state index contributed by atoms with van der Waals surface area (Å²) in [6.45, 7) is 0.788. The first kappa shape index (κ1) is 13.3. The Morgan fingerprint density at radius 1 is 1.24 bits per heavy atom. The van der Waals surface area contributed by atoms with Gasteiger partial charge in [0, 0.05) is 12.6 Å². The Morgan fingerprint density at radius 3 is 2.95 bits per heavy atom. The van der Waals surface area contributed by atoms with E-state index in [1.807, 2.05) is 12.1 Å². The summed E-state index contributed by atoms with van der Waals surface area (Å²) >= 11 is 0. The quantitative estimate of drug-likeness (QED) is 0.911. The van der Waals surface area contributed by atoms with Gasteiger partial charge in [-0.1, -0.05) is 25.0 Å². The molecule has 0 amide bonds. The molecule has 3 atom stereocenters. The Labute approximate surface area is 125 Å². The molecule has 112 valence electrons. The van der Waals surface area contributed by atoms with E-state index in [1.165, 1.54) is 32.1 Å². The highest BCUT2D eigenvalue weighted by Gasteiger charge is 2.37. The molecule has 1 aliphatic heterocycles. The third kappa shape index (κ3) is 2.27. The molecule has 1 aromatic heterocycles. The molecule has 2 aromatic rings. The van der Waals surface area contributed by atoms with Crippen LogP contribution >= 0.6 is 0 Å². The van der Waals surface area contributed by atoms with Crippen molar-refractivity contribution >= 4 is 11.0 Å². The Kier molecular flexibility index (Phi) is 3.43. The van der Waals surface area contributed by atoms with E-state index < -0.39 is 0 Å². The second-order valence-corrected chi connectivity index (χ2v) is 6.44. The molecule has 2 fully saturated rings. The van der Waals surface area contributed by atoms with Crippen LogP contribution in [0.1, 0.15) is 44.0 Å². The average Bonchev–Trinajstić information content (AvgIpc) is 3.09. The summed E-state index contributed by atoms with van der Waals surface area (Å²) in [7, 11) is 0. The van der Waals surface area contributed by atoms with Crippen LogP contribution in [-0.2, 0) is 6.54 Å². The van der Waals surface area contributed by atoms with Gasteiger partial charge in [0.15, 0.2) is 0 Å². The number of hydrogen-bond donors (Lipinski definition) is 2. The maximum Gasteiger partial charge on any atom is 0.127 e. The van der Waals surface area contributed by atoms with Crippen molar-refractivity contribution in [3.8, 4) is 0 Å². The highest BCUT2D eigenvalue weighted by molar-refractivity contribution is 5.76. The SMILES string of the molecule is OCCn1c(C2CC3CCCCC3N2)nc2ccccc21. The molecule has 4 heteroatoms. The van der Waals surface area contributed by atoms with Gasteiger partial charge in [0.2, 0.25) is 0 Å². The number of nitrogens with zero attached hydrogens (tertiary/aromatic N) is 2. The molecule has 0 bridgehead atoms. The van der Waals surface area contributed by atoms with Crippen LogP contribution in [0.15, 0.2) is 24.3 Å². The van der Waals surface area contributed by atoms with Gasteiger partial charge in [-0.2, -0.15) is 0 Å². The maximum atomic E-state index is 9.40. The molecule has 0 radical (unpaired) electrons. The number of para-hydroxylation sites is 2. The normalized spacial score (nSPS) is 28.9. The van der Waals surface area contributed by atoms with Crippen LogP contribution in [0.5, 0.6) is 0 Å². The third-order valence-electron chi connectivity index (χ3n) is 5.18. The van der Waals surface area contributed by atoms with Crippen molar-refractivity contribution in [2.45, 2.75) is 50.7 Å². The van der Waals surface area contributed by atoms with Gasteiger partial charge in [0.1, 0.15) is 5.82 Å². The zero-order valence-corrected chi connectivity index (χ0v) is 12.3. The predicted molar refractivity (Wildman–Crippen MR) is 83.1 cm³/mol. The monoisotopic (exact) mass is 285 g/mol. The van der Waals surface area contributed by atoms with E-state index >= 15 is 0 Å². The molecule has 1 saturated heterocycles. The van der Waals surface area contributed by atoms with Gasteiger partial charge in [-0.05, 0) is 37.3 Å². The van der Waals surface area contributed by atoms with E-state index in [9.17, 15) is 5.11 Å². The first-order chi connectivity index (χ1) is 10.4. The first-order valence-electron chi connectivity index (χ1n) is 8.19. The molecule has 2 N–H and O–H groups in total. The molecule has 4 nitrogen and oxygen atoms in total. The highest BCUT2D eigenvalue weighted by atomic mass is 16.3. The smallest absolute Gasteiger partial charge is 0.127 e. The molecule has 1 aromatic carbocycles. The van der Waals surface area contributed by atoms with E-state index in [0.717, 1.165) is 22.8 Å². The Balaban J connectivity index is 1.71. The zero-order chi connectivity index (χ0) is 14.2. The number of aliphatic hydroxyl groups excluding tert-OH is 1. The van der Waals surface area contributed by atoms with Crippen LogP contribution < -0.4 is 5.32 Å². The van der Waals surface area contributed by atoms with E-state index in [1.54, 1.807) is 0 Å². The summed E-state index contributed by atoms with van der Waals surface area (Å²) in [4.78, 5) is 4.86. The summed E-state index contributed by atoms with van der Waals surface area (Å²) in [5.41, 5.74) is 2.18. The Bertz CT molecular complexity index is 622. The number of hydrogen-bond acceptors (Lipinski definition) is 3. The lowest BCUT2D eigenvalue weighted by Crippen LogP contribution is -2.31. The second-order valence-electron chi connectivity index (χ2n) is 6.44. The van der Waals surface area contributed by atoms with Gasteiger partial charge < -0.3 is 15.0 Å². The molecule has 1 saturated carbocycles. The van der Waals surface area contributed by atoms with Crippen molar-refractivity contribution < 1.29 is 5.11 Å². The fourth-order valence-corrected chi connectivity index (χ4v) is 4.21. The van der Waals surface area contributed by atoms with Crippen molar-refractivity contribution in [3.63, 3.8) is 0 Å². The molecule has 21 heavy (non-hydrogen) atoms. The highest BCUT2D eigenvalue weighted by Crippen LogP contribution is 2.39. The van der Waals surface area contributed by atoms with Crippen molar-refractivity contribution in [3.05, 3.63) is 30.1 Å². The lowest BCUT2D eigenvalue weighted by atomic mass is 9.85. The molecule has 2 aliphatic rings. The minimum Gasteiger partial charge on any atom is -0.395 e. The molecule has 2 heterocycles. The van der Waals surface area contributed by atoms with Gasteiger partial charge in [-0.3, -0.25) is 0 Å². The third-order valence-corrected chi connectivity index (χ3v) is 5.18. The van der Waals surface area contributed by atoms with Gasteiger partial charge in [0.05, 0.1) is 23.7 Å². The molecule has 4 rings (SSSR count). The minimum atomic E-state index is 0.160. The number of benzene rings is 1. The zero-order valence-electron chi connectivity index (χ0n) is 12.3. The maximum absolute atomic E-state index is 9.40. The number of aliphatic hydroxyl groups is 1. The average molecular weight is 285 g/mol. The Morgan fingerprint density at radius 2 is 2.10 bits per heavy atom. The van der Waals surface area contributed by atoms with Crippen LogP contribution in [0.4, 0.5) is 0 Å². The van der Waals surface area contributed by atoms with E-state index in [0.29, 0.717) is 18.6 Å². The van der Waals surface area contributed by atoms with Crippen molar-refractivity contribution in [1.82, 2.24) is 14.9 Å². The predicted octanol–water partition coefficient (Wildman–Crippen LogP) is 2.62. The second kappa shape index (κ2) is 5.43. The topological polar surface area (TPSA) is 50.1 Å². The summed E-state index contributed by atoms with van der Waals surface area (Å²) < 4.78 is 2.20. The van der Waals surface area contributed by atoms with E-state index in [-0.39, 0.29) is 6.61 Å². The van der Waals surface area contributed by atoms with Gasteiger partial charge in [-0.25, -0.2) is 4.98 Å². The van der Waals surface area contributed by atoms with Crippen LogP contribution in [0.3, 0.4) is 0 Å². The number of nitrogens with one attached hydrogen (secondary N) is 1. The van der Waals surface area contributed by atoms with Crippen LogP contribution in [-0.4, -0.2) is 27.3 Å². The van der Waals surface area contributed by atoms with Gasteiger partial charge in [-0.15, -0.1) is 0 Å². The van der Waals surface area contributed by atoms with Crippen molar-refractivity contribution in [2.24, 2.45) is 5.92 Å². The summed E-state index contributed by atoms with van der Waals surface area (Å²) in [6.07, 6.45) is 6.59. The van der Waals surface area contributed by atoms with Crippen LogP contribution in [0.2, 0.25) is 0 Å². The van der Waals surface area contributed by atoms with Gasteiger partial charge >= 0.3 is 0 Å². The Hall–Kier alpha value is -1.39. The molecule has 3 unspecified atom stereocenters. The van der Waals surface area contributed by atoms with E-state index in [2.05, 4.69) is 22.0 Å². The first-order valence-corrected chi connectivity index (χ1v) is 8.19. The minimum absolute atomic E-state index is 0.160. The van der Waals surface area contributed by atoms with Crippen LogP contribution in [0, 0.1) is 5.92 Å². The molecular formula is C17H23N3O. The largest absolute Gasteiger partial charge is 0.395 e. The fraction of sp³-hybridized carbons (Fsp3) is 0.588. The molecule has 0 spiro atoms. The van der Waals surface area contributed by atoms with Crippen molar-refractivity contribution in [2.75, 3.05) is 6.61 Å². The summed E-state index contributed by atoms with van der Waals surface area (Å²) in [5.74, 6) is 1.92. The van der Waals surface area contributed by atoms with Gasteiger partial charge in [0.25, 0.3) is 0 Å². The summed E-state index contributed by atoms with van der Waals surface area (Å²) in [5, 5.41) is 13.2. The van der Waals surface area contributed by atoms with Crippen LogP contribution in [0.25, 0.3) is 11.0 Å².